The first kappa shape index (κ1) is 34.1. The van der Waals surface area contributed by atoms with Gasteiger partial charge in [-0.25, -0.2) is 9.78 Å². The zero-order valence-electron chi connectivity index (χ0n) is 26.8. The van der Waals surface area contributed by atoms with E-state index in [9.17, 15) is 33.1 Å². The molecule has 0 radical (unpaired) electrons. The number of hydrogen-bond acceptors (Lipinski definition) is 8. The van der Waals surface area contributed by atoms with Crippen LogP contribution < -0.4 is 10.3 Å². The molecule has 49 heavy (non-hydrogen) atoms. The van der Waals surface area contributed by atoms with Crippen LogP contribution >= 0.6 is 22.9 Å². The van der Waals surface area contributed by atoms with E-state index in [-0.39, 0.29) is 53.0 Å². The van der Waals surface area contributed by atoms with Crippen molar-refractivity contribution in [1.29, 1.82) is 5.26 Å². The van der Waals surface area contributed by atoms with E-state index in [1.165, 1.54) is 22.8 Å². The number of aryl methyl sites for hydroxylation is 3. The lowest BCUT2D eigenvalue weighted by Gasteiger charge is -2.25. The highest BCUT2D eigenvalue weighted by Gasteiger charge is 2.37. The number of carboxylic acid groups (broad SMARTS) is 1. The number of nitriles is 1. The summed E-state index contributed by atoms with van der Waals surface area (Å²) in [6.45, 7) is 5.82. The third-order valence-electron chi connectivity index (χ3n) is 8.55. The molecule has 0 atom stereocenters. The first-order valence-electron chi connectivity index (χ1n) is 15.2. The summed E-state index contributed by atoms with van der Waals surface area (Å²) in [6, 6.07) is 9.59. The maximum Gasteiger partial charge on any atom is 0.417 e. The number of likely N-dealkylation sites (N-methyl/N-ethyl adjacent to an activating group) is 1. The van der Waals surface area contributed by atoms with Crippen molar-refractivity contribution in [2.45, 2.75) is 39.9 Å². The lowest BCUT2D eigenvalue weighted by molar-refractivity contribution is -0.137. The van der Waals surface area contributed by atoms with Crippen LogP contribution in [0.15, 0.2) is 41.2 Å². The number of aromatic nitrogens is 3. The first-order chi connectivity index (χ1) is 23.2. The Balaban J connectivity index is 1.41. The average Bonchev–Trinajstić information content (AvgIpc) is 3.37. The highest BCUT2D eigenvalue weighted by Crippen LogP contribution is 2.43. The van der Waals surface area contributed by atoms with E-state index in [0.29, 0.717) is 61.3 Å². The number of pyridine rings is 1. The smallest absolute Gasteiger partial charge is 0.417 e. The first-order valence-corrected chi connectivity index (χ1v) is 16.4. The zero-order chi connectivity index (χ0) is 35.4. The van der Waals surface area contributed by atoms with Gasteiger partial charge in [0.15, 0.2) is 0 Å². The Labute approximate surface area is 287 Å². The highest BCUT2D eigenvalue weighted by molar-refractivity contribution is 7.20. The summed E-state index contributed by atoms with van der Waals surface area (Å²) in [4.78, 5) is 37.4. The van der Waals surface area contributed by atoms with Crippen molar-refractivity contribution in [3.8, 4) is 22.9 Å². The monoisotopic (exact) mass is 707 g/mol. The molecule has 9 nitrogen and oxygen atoms in total. The molecular formula is C35H29ClF3N5O4S. The number of rotatable bonds is 7. The average molecular weight is 708 g/mol. The van der Waals surface area contributed by atoms with Gasteiger partial charge in [-0.1, -0.05) is 17.7 Å². The molecule has 14 heteroatoms. The third kappa shape index (κ3) is 6.27. The minimum Gasteiger partial charge on any atom is -0.491 e. The van der Waals surface area contributed by atoms with Crippen molar-refractivity contribution >= 4 is 55.6 Å². The summed E-state index contributed by atoms with van der Waals surface area (Å²) in [5.41, 5.74) is 0.237. The van der Waals surface area contributed by atoms with Crippen LogP contribution in [0.1, 0.15) is 49.9 Å². The summed E-state index contributed by atoms with van der Waals surface area (Å²) in [5.74, 6) is -0.519. The number of thiophene rings is 1. The quantitative estimate of drug-likeness (QED) is 0.183. The molecule has 0 fully saturated rings. The molecule has 6 rings (SSSR count). The second kappa shape index (κ2) is 12.9. The molecule has 3 aromatic heterocycles. The number of nitrogens with zero attached hydrogens (tertiary/aromatic N) is 5. The van der Waals surface area contributed by atoms with Gasteiger partial charge in [0.25, 0.3) is 5.56 Å². The van der Waals surface area contributed by atoms with E-state index >= 15 is 0 Å². The van der Waals surface area contributed by atoms with Crippen molar-refractivity contribution in [1.82, 2.24) is 19.4 Å². The molecule has 0 saturated heterocycles. The van der Waals surface area contributed by atoms with Crippen LogP contribution in [0.3, 0.4) is 0 Å². The summed E-state index contributed by atoms with van der Waals surface area (Å²) >= 11 is 7.69. The lowest BCUT2D eigenvalue weighted by atomic mass is 9.88. The number of carbonyl (C=O) groups is 1. The third-order valence-corrected chi connectivity index (χ3v) is 9.91. The van der Waals surface area contributed by atoms with Crippen LogP contribution in [-0.4, -0.2) is 57.3 Å². The van der Waals surface area contributed by atoms with Gasteiger partial charge in [-0.2, -0.15) is 18.4 Å². The van der Waals surface area contributed by atoms with Gasteiger partial charge in [-0.3, -0.25) is 14.3 Å². The van der Waals surface area contributed by atoms with Crippen molar-refractivity contribution in [3.05, 3.63) is 90.4 Å². The van der Waals surface area contributed by atoms with Crippen molar-refractivity contribution in [2.24, 2.45) is 0 Å². The Bertz CT molecular complexity index is 2320. The summed E-state index contributed by atoms with van der Waals surface area (Å²) in [6.07, 6.45) is -2.82. The molecule has 0 aliphatic carbocycles. The second-order valence-corrected chi connectivity index (χ2v) is 13.5. The summed E-state index contributed by atoms with van der Waals surface area (Å²) in [7, 11) is 1.85. The van der Waals surface area contributed by atoms with Gasteiger partial charge in [0.2, 0.25) is 0 Å². The largest absolute Gasteiger partial charge is 0.491 e. The van der Waals surface area contributed by atoms with Crippen LogP contribution in [0, 0.1) is 32.1 Å². The number of carboxylic acids is 1. The topological polar surface area (TPSA) is 121 Å². The van der Waals surface area contributed by atoms with Gasteiger partial charge in [0, 0.05) is 45.4 Å². The van der Waals surface area contributed by atoms with Gasteiger partial charge < -0.3 is 14.7 Å². The van der Waals surface area contributed by atoms with Crippen molar-refractivity contribution in [3.63, 3.8) is 0 Å². The Morgan fingerprint density at radius 2 is 1.92 bits per heavy atom. The van der Waals surface area contributed by atoms with Crippen LogP contribution in [-0.2, 0) is 12.7 Å². The van der Waals surface area contributed by atoms with E-state index in [2.05, 4.69) is 9.97 Å². The van der Waals surface area contributed by atoms with E-state index < -0.39 is 23.3 Å². The summed E-state index contributed by atoms with van der Waals surface area (Å²) < 4.78 is 51.2. The number of benzene rings is 2. The minimum absolute atomic E-state index is 0.0313. The van der Waals surface area contributed by atoms with Crippen molar-refractivity contribution in [2.75, 3.05) is 26.7 Å². The molecule has 2 aromatic carbocycles. The second-order valence-electron chi connectivity index (χ2n) is 11.9. The lowest BCUT2D eigenvalue weighted by Crippen LogP contribution is -2.28. The van der Waals surface area contributed by atoms with Crippen LogP contribution in [0.25, 0.3) is 37.8 Å². The Morgan fingerprint density at radius 3 is 2.57 bits per heavy atom. The molecule has 0 saturated carbocycles. The fourth-order valence-corrected chi connectivity index (χ4v) is 7.55. The highest BCUT2D eigenvalue weighted by atomic mass is 35.5. The van der Waals surface area contributed by atoms with E-state index in [1.807, 2.05) is 24.1 Å². The normalized spacial score (nSPS) is 13.9. The number of aromatic carboxylic acids is 1. The molecule has 252 valence electrons. The Kier molecular flexibility index (Phi) is 9.00. The number of alkyl halides is 3. The predicted octanol–water partition coefficient (Wildman–Crippen LogP) is 7.64. The number of fused-ring (bicyclic) bond motifs is 2. The standard InChI is InChI=1S/C35H29ClF3N5O4S/c1-17-13-23(32-31(41-17)28(34(46)47)18(2)49-32)22-14-21(36)5-6-27(22)48-12-11-44-19(3)42-26-15-25(35(37,38)39)29(20-7-9-43(4)10-8-20)24(16-40)30(26)33(44)45/h5-7,13-15H,8-12H2,1-4H3,(H,46,47). The molecule has 1 N–H and O–H groups in total. The van der Waals surface area contributed by atoms with Crippen LogP contribution in [0.2, 0.25) is 5.02 Å². The maximum absolute atomic E-state index is 14.4. The van der Waals surface area contributed by atoms with Crippen LogP contribution in [0.5, 0.6) is 5.75 Å². The summed E-state index contributed by atoms with van der Waals surface area (Å²) in [5, 5.41) is 20.3. The SMILES string of the molecule is Cc1cc(-c2cc(Cl)ccc2OCCn2c(C)nc3cc(C(F)(F)F)c(C4=CCN(C)CC4)c(C#N)c3c2=O)c2sc(C)c(C(=O)O)c2n1. The number of hydrogen-bond donors (Lipinski definition) is 1. The fraction of sp³-hybridized carbons (Fsp3) is 0.286. The van der Waals surface area contributed by atoms with Gasteiger partial charge in [0.1, 0.15) is 24.3 Å². The van der Waals surface area contributed by atoms with Gasteiger partial charge in [-0.15, -0.1) is 11.3 Å². The molecule has 0 amide bonds. The van der Waals surface area contributed by atoms with Crippen LogP contribution in [0.4, 0.5) is 13.2 Å². The van der Waals surface area contributed by atoms with Crippen molar-refractivity contribution < 1.29 is 27.8 Å². The molecule has 1 aliphatic heterocycles. The molecule has 0 spiro atoms. The molecule has 4 heterocycles. The number of halogens is 4. The fourth-order valence-electron chi connectivity index (χ4n) is 6.26. The molecule has 1 aliphatic rings. The Hall–Kier alpha value is -4.77. The molecule has 0 unspecified atom stereocenters. The number of ether oxygens (including phenoxy) is 1. The minimum atomic E-state index is -4.77. The van der Waals surface area contributed by atoms with Gasteiger partial charge >= 0.3 is 12.1 Å². The maximum atomic E-state index is 14.4. The van der Waals surface area contributed by atoms with Gasteiger partial charge in [-0.05, 0) is 70.1 Å². The molecule has 5 aromatic rings. The van der Waals surface area contributed by atoms with Gasteiger partial charge in [0.05, 0.1) is 44.4 Å². The van der Waals surface area contributed by atoms with E-state index in [4.69, 9.17) is 16.3 Å². The van der Waals surface area contributed by atoms with E-state index in [1.54, 1.807) is 38.1 Å². The molecular weight excluding hydrogens is 679 g/mol. The zero-order valence-corrected chi connectivity index (χ0v) is 28.4. The predicted molar refractivity (Wildman–Crippen MR) is 183 cm³/mol. The van der Waals surface area contributed by atoms with E-state index in [0.717, 1.165) is 6.07 Å². The Morgan fingerprint density at radius 1 is 1.16 bits per heavy atom. The molecule has 0 bridgehead atoms.